The Bertz CT molecular complexity index is 950. The Balaban J connectivity index is 1.81. The highest BCUT2D eigenvalue weighted by Crippen LogP contribution is 2.27. The van der Waals surface area contributed by atoms with E-state index in [1.54, 1.807) is 6.08 Å². The van der Waals surface area contributed by atoms with Gasteiger partial charge in [0.1, 0.15) is 11.9 Å². The number of benzene rings is 1. The minimum atomic E-state index is -3.71. The summed E-state index contributed by atoms with van der Waals surface area (Å²) in [5.74, 6) is -0.389. The van der Waals surface area contributed by atoms with Crippen molar-refractivity contribution in [3.63, 3.8) is 0 Å². The fraction of sp³-hybridized carbons (Fsp3) is 0.0714. The maximum atomic E-state index is 12.9. The molecule has 0 aliphatic carbocycles. The predicted octanol–water partition coefficient (Wildman–Crippen LogP) is 1.98. The highest BCUT2D eigenvalue weighted by molar-refractivity contribution is 7.91. The average Bonchev–Trinajstić information content (AvgIpc) is 3.25. The van der Waals surface area contributed by atoms with Gasteiger partial charge in [-0.05, 0) is 42.5 Å². The quantitative estimate of drug-likeness (QED) is 0.668. The third-order valence-corrected chi connectivity index (χ3v) is 5.90. The summed E-state index contributed by atoms with van der Waals surface area (Å²) in [5.41, 5.74) is 0. The minimum Gasteiger partial charge on any atom is -0.381 e. The van der Waals surface area contributed by atoms with Gasteiger partial charge in [0.2, 0.25) is 15.7 Å². The second-order valence-electron chi connectivity index (χ2n) is 4.72. The van der Waals surface area contributed by atoms with Crippen LogP contribution in [-0.2, 0) is 9.84 Å². The third-order valence-electron chi connectivity index (χ3n) is 3.10. The van der Waals surface area contributed by atoms with E-state index in [9.17, 15) is 17.9 Å². The molecule has 0 aliphatic rings. The summed E-state index contributed by atoms with van der Waals surface area (Å²) in [5, 5.41) is 24.2. The molecule has 0 radical (unpaired) electrons. The van der Waals surface area contributed by atoms with E-state index >= 15 is 0 Å². The Labute approximate surface area is 140 Å². The molecule has 1 unspecified atom stereocenters. The molecule has 0 spiro atoms. The van der Waals surface area contributed by atoms with Crippen LogP contribution in [0, 0.1) is 5.82 Å². The van der Waals surface area contributed by atoms with Gasteiger partial charge in [0.25, 0.3) is 0 Å². The van der Waals surface area contributed by atoms with Crippen molar-refractivity contribution < 1.29 is 17.9 Å². The number of hydrogen-bond acceptors (Lipinski definition) is 7. The SMILES string of the molecule is O=S(=O)(c1ccc(F)cc1)c1csc(C=CC(O)c2nn[nH]n2)c1. The molecule has 0 fully saturated rings. The molecule has 2 N–H and O–H groups in total. The van der Waals surface area contributed by atoms with Crippen molar-refractivity contribution in [2.75, 3.05) is 0 Å². The van der Waals surface area contributed by atoms with Crippen molar-refractivity contribution in [2.24, 2.45) is 0 Å². The zero-order chi connectivity index (χ0) is 17.2. The van der Waals surface area contributed by atoms with Gasteiger partial charge in [-0.15, -0.1) is 21.5 Å². The van der Waals surface area contributed by atoms with Crippen LogP contribution < -0.4 is 0 Å². The molecule has 1 atom stereocenters. The molecule has 3 rings (SSSR count). The number of aromatic amines is 1. The topological polar surface area (TPSA) is 109 Å². The maximum Gasteiger partial charge on any atom is 0.207 e. The van der Waals surface area contributed by atoms with E-state index < -0.39 is 21.8 Å². The monoisotopic (exact) mass is 366 g/mol. The number of thiophene rings is 1. The van der Waals surface area contributed by atoms with E-state index in [-0.39, 0.29) is 15.6 Å². The van der Waals surface area contributed by atoms with Gasteiger partial charge in [0.15, 0.2) is 0 Å². The van der Waals surface area contributed by atoms with Gasteiger partial charge in [-0.2, -0.15) is 5.21 Å². The molecule has 0 amide bonds. The normalized spacial score (nSPS) is 13.4. The number of hydrogen-bond donors (Lipinski definition) is 2. The summed E-state index contributed by atoms with van der Waals surface area (Å²) in [6, 6.07) is 6.11. The molecule has 10 heteroatoms. The first-order valence-electron chi connectivity index (χ1n) is 6.65. The van der Waals surface area contributed by atoms with E-state index in [1.165, 1.54) is 41.0 Å². The number of halogens is 1. The molecule has 0 saturated carbocycles. The Kier molecular flexibility index (Phi) is 4.51. The number of sulfone groups is 1. The summed E-state index contributed by atoms with van der Waals surface area (Å²) >= 11 is 1.20. The Morgan fingerprint density at radius 1 is 1.25 bits per heavy atom. The molecular weight excluding hydrogens is 355 g/mol. The molecule has 0 aliphatic heterocycles. The standard InChI is InChI=1S/C14H11FN4O3S2/c15-9-1-4-11(5-2-9)24(21,22)12-7-10(23-8-12)3-6-13(20)14-16-18-19-17-14/h1-8,13,20H,(H,16,17,18,19). The van der Waals surface area contributed by atoms with Crippen LogP contribution in [0.25, 0.3) is 6.08 Å². The van der Waals surface area contributed by atoms with Crippen LogP contribution in [-0.4, -0.2) is 34.1 Å². The number of aliphatic hydroxyl groups excluding tert-OH is 1. The Morgan fingerprint density at radius 2 is 2.00 bits per heavy atom. The number of nitrogens with one attached hydrogen (secondary N) is 1. The minimum absolute atomic E-state index is 0.0176. The lowest BCUT2D eigenvalue weighted by molar-refractivity contribution is 0.219. The lowest BCUT2D eigenvalue weighted by atomic mass is 10.3. The van der Waals surface area contributed by atoms with Gasteiger partial charge in [0, 0.05) is 10.3 Å². The van der Waals surface area contributed by atoms with Gasteiger partial charge in [-0.25, -0.2) is 12.8 Å². The summed E-state index contributed by atoms with van der Waals surface area (Å²) < 4.78 is 37.9. The highest BCUT2D eigenvalue weighted by atomic mass is 32.2. The van der Waals surface area contributed by atoms with Gasteiger partial charge < -0.3 is 5.11 Å². The van der Waals surface area contributed by atoms with Crippen molar-refractivity contribution in [3.8, 4) is 0 Å². The molecule has 2 heterocycles. The first-order valence-corrected chi connectivity index (χ1v) is 9.02. The highest BCUT2D eigenvalue weighted by Gasteiger charge is 2.19. The van der Waals surface area contributed by atoms with E-state index in [0.717, 1.165) is 12.1 Å². The van der Waals surface area contributed by atoms with Crippen LogP contribution in [0.5, 0.6) is 0 Å². The molecule has 0 bridgehead atoms. The zero-order valence-corrected chi connectivity index (χ0v) is 13.6. The number of tetrazole rings is 1. The van der Waals surface area contributed by atoms with Crippen molar-refractivity contribution >= 4 is 27.3 Å². The summed E-state index contributed by atoms with van der Waals surface area (Å²) in [6.45, 7) is 0. The van der Waals surface area contributed by atoms with Crippen molar-refractivity contribution in [3.05, 3.63) is 58.3 Å². The fourth-order valence-electron chi connectivity index (χ4n) is 1.88. The number of aromatic nitrogens is 4. The average molecular weight is 366 g/mol. The van der Waals surface area contributed by atoms with Crippen LogP contribution in [0.1, 0.15) is 16.8 Å². The molecule has 2 aromatic heterocycles. The van der Waals surface area contributed by atoms with E-state index in [0.29, 0.717) is 4.88 Å². The summed E-state index contributed by atoms with van der Waals surface area (Å²) in [4.78, 5) is 0.745. The van der Waals surface area contributed by atoms with E-state index in [1.807, 2.05) is 0 Å². The van der Waals surface area contributed by atoms with Crippen LogP contribution in [0.4, 0.5) is 4.39 Å². The van der Waals surface area contributed by atoms with E-state index in [2.05, 4.69) is 20.6 Å². The maximum absolute atomic E-state index is 12.9. The van der Waals surface area contributed by atoms with Crippen molar-refractivity contribution in [1.82, 2.24) is 20.6 Å². The number of aliphatic hydroxyl groups is 1. The van der Waals surface area contributed by atoms with Gasteiger partial charge in [-0.1, -0.05) is 5.21 Å². The third kappa shape index (κ3) is 3.40. The number of H-pyrrole nitrogens is 1. The van der Waals surface area contributed by atoms with Gasteiger partial charge >= 0.3 is 0 Å². The summed E-state index contributed by atoms with van der Waals surface area (Å²) in [6.07, 6.45) is 1.93. The molecule has 124 valence electrons. The molecular formula is C14H11FN4O3S2. The van der Waals surface area contributed by atoms with Crippen LogP contribution in [0.2, 0.25) is 0 Å². The van der Waals surface area contributed by atoms with Crippen LogP contribution in [0.3, 0.4) is 0 Å². The fourth-order valence-corrected chi connectivity index (χ4v) is 4.33. The molecule has 24 heavy (non-hydrogen) atoms. The van der Waals surface area contributed by atoms with E-state index in [4.69, 9.17) is 0 Å². The second-order valence-corrected chi connectivity index (χ2v) is 7.61. The van der Waals surface area contributed by atoms with Crippen LogP contribution >= 0.6 is 11.3 Å². The summed E-state index contributed by atoms with van der Waals surface area (Å²) in [7, 11) is -3.71. The van der Waals surface area contributed by atoms with Crippen LogP contribution in [0.15, 0.2) is 51.6 Å². The van der Waals surface area contributed by atoms with Gasteiger partial charge in [-0.3, -0.25) is 0 Å². The number of nitrogens with zero attached hydrogens (tertiary/aromatic N) is 3. The van der Waals surface area contributed by atoms with Crippen molar-refractivity contribution in [1.29, 1.82) is 0 Å². The molecule has 3 aromatic rings. The lowest BCUT2D eigenvalue weighted by Crippen LogP contribution is -2.00. The molecule has 1 aromatic carbocycles. The smallest absolute Gasteiger partial charge is 0.207 e. The first-order chi connectivity index (χ1) is 11.5. The molecule has 0 saturated heterocycles. The van der Waals surface area contributed by atoms with Gasteiger partial charge in [0.05, 0.1) is 9.79 Å². The largest absolute Gasteiger partial charge is 0.381 e. The second kappa shape index (κ2) is 6.59. The predicted molar refractivity (Wildman–Crippen MR) is 84.3 cm³/mol. The molecule has 7 nitrogen and oxygen atoms in total. The van der Waals surface area contributed by atoms with Crippen molar-refractivity contribution in [2.45, 2.75) is 15.9 Å². The lowest BCUT2D eigenvalue weighted by Gasteiger charge is -2.01. The zero-order valence-electron chi connectivity index (χ0n) is 12.0. The Hall–Kier alpha value is -2.43. The Morgan fingerprint density at radius 3 is 2.67 bits per heavy atom. The number of rotatable bonds is 5. The first kappa shape index (κ1) is 16.4.